The summed E-state index contributed by atoms with van der Waals surface area (Å²) in [6, 6.07) is 1.02. The minimum atomic E-state index is 0.407. The summed E-state index contributed by atoms with van der Waals surface area (Å²) in [4.78, 5) is 2.37. The first kappa shape index (κ1) is 8.02. The zero-order valence-electron chi connectivity index (χ0n) is 7.17. The van der Waals surface area contributed by atoms with Crippen molar-refractivity contribution in [2.24, 2.45) is 11.7 Å². The molecule has 0 spiro atoms. The Kier molecular flexibility index (Phi) is 2.32. The van der Waals surface area contributed by atoms with Crippen LogP contribution in [-0.2, 0) is 0 Å². The lowest BCUT2D eigenvalue weighted by Crippen LogP contribution is -2.41. The minimum Gasteiger partial charge on any atom is -0.326 e. The van der Waals surface area contributed by atoms with Crippen LogP contribution >= 0.6 is 0 Å². The lowest BCUT2D eigenvalue weighted by atomic mass is 9.98. The minimum absolute atomic E-state index is 0.407. The Labute approximate surface area is 63.4 Å². The largest absolute Gasteiger partial charge is 0.326 e. The van der Waals surface area contributed by atoms with Crippen LogP contribution in [-0.4, -0.2) is 30.6 Å². The Morgan fingerprint density at radius 3 is 2.30 bits per heavy atom. The number of hydrogen-bond acceptors (Lipinski definition) is 2. The Balaban J connectivity index is 2.54. The van der Waals surface area contributed by atoms with Crippen molar-refractivity contribution in [3.63, 3.8) is 0 Å². The number of likely N-dealkylation sites (tertiary alicyclic amines) is 1. The van der Waals surface area contributed by atoms with Gasteiger partial charge in [0.1, 0.15) is 0 Å². The molecule has 0 aromatic carbocycles. The van der Waals surface area contributed by atoms with E-state index in [0.717, 1.165) is 0 Å². The molecule has 0 saturated carbocycles. The fourth-order valence-electron chi connectivity index (χ4n) is 2.00. The second-order valence-corrected chi connectivity index (χ2v) is 3.67. The second kappa shape index (κ2) is 2.89. The summed E-state index contributed by atoms with van der Waals surface area (Å²) in [6.45, 7) is 5.66. The average Bonchev–Trinajstić information content (AvgIpc) is 2.11. The van der Waals surface area contributed by atoms with E-state index in [1.807, 2.05) is 0 Å². The highest BCUT2D eigenvalue weighted by Crippen LogP contribution is 2.20. The summed E-state index contributed by atoms with van der Waals surface area (Å²) >= 11 is 0. The Hall–Kier alpha value is -0.0800. The van der Waals surface area contributed by atoms with E-state index in [1.165, 1.54) is 13.0 Å². The highest BCUT2D eigenvalue weighted by Gasteiger charge is 2.30. The third-order valence-corrected chi connectivity index (χ3v) is 2.45. The van der Waals surface area contributed by atoms with Gasteiger partial charge in [-0.1, -0.05) is 13.8 Å². The number of hydrogen-bond donors (Lipinski definition) is 1. The van der Waals surface area contributed by atoms with Crippen LogP contribution in [0.4, 0.5) is 0 Å². The van der Waals surface area contributed by atoms with Crippen molar-refractivity contribution >= 4 is 0 Å². The molecule has 1 fully saturated rings. The molecule has 1 aliphatic heterocycles. The van der Waals surface area contributed by atoms with Crippen molar-refractivity contribution in [2.45, 2.75) is 32.4 Å². The molecule has 2 heteroatoms. The van der Waals surface area contributed by atoms with E-state index in [0.29, 0.717) is 18.0 Å². The van der Waals surface area contributed by atoms with Gasteiger partial charge in [-0.15, -0.1) is 0 Å². The highest BCUT2D eigenvalue weighted by molar-refractivity contribution is 4.89. The first-order chi connectivity index (χ1) is 4.63. The van der Waals surface area contributed by atoms with Gasteiger partial charge in [0, 0.05) is 12.1 Å². The Morgan fingerprint density at radius 2 is 2.10 bits per heavy atom. The normalized spacial score (nSPS) is 35.7. The Bertz CT molecular complexity index is 102. The number of nitrogens with two attached hydrogens (primary N) is 1. The Morgan fingerprint density at radius 1 is 1.50 bits per heavy atom. The molecule has 1 unspecified atom stereocenters. The second-order valence-electron chi connectivity index (χ2n) is 3.67. The van der Waals surface area contributed by atoms with Crippen molar-refractivity contribution in [3.05, 3.63) is 0 Å². The molecule has 2 atom stereocenters. The van der Waals surface area contributed by atoms with Gasteiger partial charge in [-0.2, -0.15) is 0 Å². The lowest BCUT2D eigenvalue weighted by Gasteiger charge is -2.26. The van der Waals surface area contributed by atoms with E-state index < -0.39 is 0 Å². The van der Waals surface area contributed by atoms with Crippen molar-refractivity contribution in [2.75, 3.05) is 13.6 Å². The van der Waals surface area contributed by atoms with Gasteiger partial charge >= 0.3 is 0 Å². The van der Waals surface area contributed by atoms with Crippen LogP contribution in [0.2, 0.25) is 0 Å². The maximum atomic E-state index is 5.93. The zero-order chi connectivity index (χ0) is 7.72. The van der Waals surface area contributed by atoms with Gasteiger partial charge in [0.2, 0.25) is 0 Å². The van der Waals surface area contributed by atoms with Crippen molar-refractivity contribution in [1.29, 1.82) is 0 Å². The molecule has 1 heterocycles. The smallest absolute Gasteiger partial charge is 0.0267 e. The van der Waals surface area contributed by atoms with Crippen LogP contribution in [0.3, 0.4) is 0 Å². The third kappa shape index (κ3) is 1.32. The lowest BCUT2D eigenvalue weighted by molar-refractivity contribution is 0.237. The predicted molar refractivity (Wildman–Crippen MR) is 43.8 cm³/mol. The van der Waals surface area contributed by atoms with Gasteiger partial charge in [-0.3, -0.25) is 0 Å². The van der Waals surface area contributed by atoms with Crippen molar-refractivity contribution in [1.82, 2.24) is 4.90 Å². The maximum absolute atomic E-state index is 5.93. The average molecular weight is 142 g/mol. The molecule has 1 rings (SSSR count). The first-order valence-corrected chi connectivity index (χ1v) is 4.08. The van der Waals surface area contributed by atoms with Gasteiger partial charge in [-0.05, 0) is 25.9 Å². The fourth-order valence-corrected chi connectivity index (χ4v) is 2.00. The molecule has 0 aromatic rings. The molecule has 0 bridgehead atoms. The fraction of sp³-hybridized carbons (Fsp3) is 1.00. The van der Waals surface area contributed by atoms with Crippen LogP contribution < -0.4 is 5.73 Å². The van der Waals surface area contributed by atoms with E-state index >= 15 is 0 Å². The summed E-state index contributed by atoms with van der Waals surface area (Å²) in [5.74, 6) is 0.697. The summed E-state index contributed by atoms with van der Waals surface area (Å²) in [6.07, 6.45) is 1.17. The van der Waals surface area contributed by atoms with E-state index in [1.54, 1.807) is 0 Å². The molecule has 1 aliphatic rings. The summed E-state index contributed by atoms with van der Waals surface area (Å²) < 4.78 is 0. The van der Waals surface area contributed by atoms with Gasteiger partial charge in [0.15, 0.2) is 0 Å². The molecule has 2 N–H and O–H groups in total. The van der Waals surface area contributed by atoms with Gasteiger partial charge in [0.05, 0.1) is 0 Å². The molecule has 10 heavy (non-hydrogen) atoms. The van der Waals surface area contributed by atoms with Crippen LogP contribution in [0.1, 0.15) is 20.3 Å². The van der Waals surface area contributed by atoms with E-state index in [-0.39, 0.29) is 0 Å². The quantitative estimate of drug-likeness (QED) is 0.583. The molecule has 60 valence electrons. The molecular weight excluding hydrogens is 124 g/mol. The van der Waals surface area contributed by atoms with E-state index in [4.69, 9.17) is 5.73 Å². The summed E-state index contributed by atoms with van der Waals surface area (Å²) in [5.41, 5.74) is 5.93. The highest BCUT2D eigenvalue weighted by atomic mass is 15.2. The van der Waals surface area contributed by atoms with Crippen molar-refractivity contribution in [3.8, 4) is 0 Å². The van der Waals surface area contributed by atoms with E-state index in [2.05, 4.69) is 25.8 Å². The predicted octanol–water partition coefficient (Wildman–Crippen LogP) is 0.674. The summed E-state index contributed by atoms with van der Waals surface area (Å²) in [7, 11) is 2.16. The summed E-state index contributed by atoms with van der Waals surface area (Å²) in [5, 5.41) is 0. The van der Waals surface area contributed by atoms with Gasteiger partial charge in [0.25, 0.3) is 0 Å². The van der Waals surface area contributed by atoms with Gasteiger partial charge in [-0.25, -0.2) is 0 Å². The van der Waals surface area contributed by atoms with Crippen LogP contribution in [0.25, 0.3) is 0 Å². The number of rotatable bonds is 1. The molecule has 0 amide bonds. The molecular formula is C8H18N2. The van der Waals surface area contributed by atoms with Gasteiger partial charge < -0.3 is 10.6 Å². The SMILES string of the molecule is CC(C)[C@@H]1C(N)CCN1C. The standard InChI is InChI=1S/C8H18N2/c1-6(2)8-7(9)4-5-10(8)3/h6-8H,4-5,9H2,1-3H3/t7?,8-/m1/s1. The van der Waals surface area contributed by atoms with Crippen LogP contribution in [0, 0.1) is 5.92 Å². The van der Waals surface area contributed by atoms with Crippen LogP contribution in [0.5, 0.6) is 0 Å². The third-order valence-electron chi connectivity index (χ3n) is 2.45. The first-order valence-electron chi connectivity index (χ1n) is 4.08. The number of nitrogens with zero attached hydrogens (tertiary/aromatic N) is 1. The molecule has 2 nitrogen and oxygen atoms in total. The van der Waals surface area contributed by atoms with E-state index in [9.17, 15) is 0 Å². The molecule has 1 saturated heterocycles. The topological polar surface area (TPSA) is 29.3 Å². The molecule has 0 aliphatic carbocycles. The molecule has 0 aromatic heterocycles. The monoisotopic (exact) mass is 142 g/mol. The number of likely N-dealkylation sites (N-methyl/N-ethyl adjacent to an activating group) is 1. The van der Waals surface area contributed by atoms with Crippen LogP contribution in [0.15, 0.2) is 0 Å². The zero-order valence-corrected chi connectivity index (χ0v) is 7.17. The maximum Gasteiger partial charge on any atom is 0.0267 e. The van der Waals surface area contributed by atoms with Crippen molar-refractivity contribution < 1.29 is 0 Å². The molecule has 0 radical (unpaired) electrons.